The lowest BCUT2D eigenvalue weighted by Crippen LogP contribution is -2.28. The van der Waals surface area contributed by atoms with E-state index < -0.39 is 16.4 Å². The molecule has 0 fully saturated rings. The van der Waals surface area contributed by atoms with E-state index in [4.69, 9.17) is 0 Å². The van der Waals surface area contributed by atoms with Crippen LogP contribution in [0, 0.1) is 17.5 Å². The van der Waals surface area contributed by atoms with Crippen LogP contribution in [-0.4, -0.2) is 14.3 Å². The average Bonchev–Trinajstić information content (AvgIpc) is 3.11. The zero-order valence-electron chi connectivity index (χ0n) is 14.3. The zero-order chi connectivity index (χ0) is 18.6. The van der Waals surface area contributed by atoms with E-state index in [9.17, 15) is 13.2 Å². The molecule has 0 radical (unpaired) electrons. The van der Waals surface area contributed by atoms with Crippen molar-refractivity contribution in [3.05, 3.63) is 84.2 Å². The lowest BCUT2D eigenvalue weighted by atomic mass is 10.00. The van der Waals surface area contributed by atoms with Crippen LogP contribution in [0.2, 0.25) is 0 Å². The fourth-order valence-corrected chi connectivity index (χ4v) is 4.06. The van der Waals surface area contributed by atoms with Gasteiger partial charge in [-0.05, 0) is 49.6 Å². The molecule has 3 rings (SSSR count). The number of aryl methyl sites for hydroxylation is 1. The van der Waals surface area contributed by atoms with Crippen molar-refractivity contribution >= 4 is 11.8 Å². The van der Waals surface area contributed by atoms with Gasteiger partial charge in [-0.15, -0.1) is 11.8 Å². The Labute approximate surface area is 155 Å². The third-order valence-electron chi connectivity index (χ3n) is 4.20. The van der Waals surface area contributed by atoms with E-state index >= 15 is 0 Å². The van der Waals surface area contributed by atoms with Gasteiger partial charge in [-0.2, -0.15) is 0 Å². The molecule has 26 heavy (non-hydrogen) atoms. The summed E-state index contributed by atoms with van der Waals surface area (Å²) >= 11 is 1.19. The van der Waals surface area contributed by atoms with E-state index in [1.54, 1.807) is 24.7 Å². The number of aromatic nitrogens is 2. The molecule has 0 aliphatic carbocycles. The van der Waals surface area contributed by atoms with Crippen LogP contribution in [0.4, 0.5) is 13.2 Å². The Balaban J connectivity index is 1.82. The summed E-state index contributed by atoms with van der Waals surface area (Å²) in [5.41, 5.74) is 0.984. The third-order valence-corrected chi connectivity index (χ3v) is 5.62. The molecule has 0 saturated carbocycles. The van der Waals surface area contributed by atoms with E-state index in [1.165, 1.54) is 42.1 Å². The zero-order valence-corrected chi connectivity index (χ0v) is 15.1. The average molecular weight is 376 g/mol. The van der Waals surface area contributed by atoms with Crippen molar-refractivity contribution < 1.29 is 13.2 Å². The predicted molar refractivity (Wildman–Crippen MR) is 97.6 cm³/mol. The van der Waals surface area contributed by atoms with Crippen molar-refractivity contribution in [1.29, 1.82) is 0 Å². The summed E-state index contributed by atoms with van der Waals surface area (Å²) < 4.78 is 42.8. The highest BCUT2D eigenvalue weighted by molar-refractivity contribution is 8.00. The summed E-state index contributed by atoms with van der Waals surface area (Å²) in [5.74, 6) is -1.40. The van der Waals surface area contributed by atoms with E-state index in [-0.39, 0.29) is 10.7 Å². The van der Waals surface area contributed by atoms with Crippen molar-refractivity contribution in [2.75, 3.05) is 0 Å². The standard InChI is InChI=1S/C20H19F3N2S/c1-20(13-25-12-11-24-14-25,10-9-15-5-7-16(21)8-6-15)26-19-17(22)3-2-4-18(19)23/h2-8,11-12,14H,9-10,13H2,1H3. The number of benzene rings is 2. The van der Waals surface area contributed by atoms with Crippen LogP contribution in [0.1, 0.15) is 18.9 Å². The molecule has 0 N–H and O–H groups in total. The molecular weight excluding hydrogens is 357 g/mol. The molecule has 0 spiro atoms. The lowest BCUT2D eigenvalue weighted by Gasteiger charge is -2.30. The second kappa shape index (κ2) is 7.99. The first-order valence-corrected chi connectivity index (χ1v) is 9.10. The maximum atomic E-state index is 14.1. The number of rotatable bonds is 7. The molecule has 0 saturated heterocycles. The van der Waals surface area contributed by atoms with Crippen molar-refractivity contribution in [3.8, 4) is 0 Å². The Kier molecular flexibility index (Phi) is 5.71. The first-order chi connectivity index (χ1) is 12.5. The van der Waals surface area contributed by atoms with Gasteiger partial charge >= 0.3 is 0 Å². The molecule has 2 aromatic carbocycles. The lowest BCUT2D eigenvalue weighted by molar-refractivity contribution is 0.488. The summed E-state index contributed by atoms with van der Waals surface area (Å²) in [6.07, 6.45) is 6.53. The van der Waals surface area contributed by atoms with Gasteiger partial charge in [0, 0.05) is 23.7 Å². The van der Waals surface area contributed by atoms with Crippen LogP contribution in [-0.2, 0) is 13.0 Å². The number of imidazole rings is 1. The molecule has 0 amide bonds. The van der Waals surface area contributed by atoms with Crippen LogP contribution in [0.15, 0.2) is 66.1 Å². The summed E-state index contributed by atoms with van der Waals surface area (Å²) in [7, 11) is 0. The molecule has 3 aromatic rings. The van der Waals surface area contributed by atoms with E-state index in [0.717, 1.165) is 5.56 Å². The van der Waals surface area contributed by atoms with Crippen molar-refractivity contribution in [2.24, 2.45) is 0 Å². The van der Waals surface area contributed by atoms with Gasteiger partial charge in [0.2, 0.25) is 0 Å². The van der Waals surface area contributed by atoms with Crippen LogP contribution >= 0.6 is 11.8 Å². The van der Waals surface area contributed by atoms with E-state index in [2.05, 4.69) is 4.98 Å². The molecule has 1 heterocycles. The van der Waals surface area contributed by atoms with Crippen LogP contribution < -0.4 is 0 Å². The maximum absolute atomic E-state index is 14.1. The highest BCUT2D eigenvalue weighted by atomic mass is 32.2. The molecule has 136 valence electrons. The molecule has 1 aromatic heterocycles. The van der Waals surface area contributed by atoms with Gasteiger partial charge < -0.3 is 4.57 Å². The molecule has 0 aliphatic rings. The molecule has 0 bridgehead atoms. The van der Waals surface area contributed by atoms with Gasteiger partial charge in [0.25, 0.3) is 0 Å². The largest absolute Gasteiger partial charge is 0.336 e. The van der Waals surface area contributed by atoms with E-state index in [0.29, 0.717) is 19.4 Å². The molecule has 0 aliphatic heterocycles. The Morgan fingerprint density at radius 3 is 2.35 bits per heavy atom. The first-order valence-electron chi connectivity index (χ1n) is 8.28. The normalized spacial score (nSPS) is 13.5. The number of halogens is 3. The van der Waals surface area contributed by atoms with E-state index in [1.807, 2.05) is 17.7 Å². The minimum absolute atomic E-state index is 0.0224. The number of hydrogen-bond donors (Lipinski definition) is 0. The topological polar surface area (TPSA) is 17.8 Å². The van der Waals surface area contributed by atoms with Crippen LogP contribution in [0.25, 0.3) is 0 Å². The number of nitrogens with zero attached hydrogens (tertiary/aromatic N) is 2. The Hall–Kier alpha value is -2.21. The van der Waals surface area contributed by atoms with Gasteiger partial charge in [-0.1, -0.05) is 18.2 Å². The summed E-state index contributed by atoms with van der Waals surface area (Å²) in [4.78, 5) is 4.06. The molecule has 2 nitrogen and oxygen atoms in total. The summed E-state index contributed by atoms with van der Waals surface area (Å²) in [6.45, 7) is 2.53. The van der Waals surface area contributed by atoms with Gasteiger partial charge in [0.15, 0.2) is 0 Å². The second-order valence-corrected chi connectivity index (χ2v) is 8.06. The fraction of sp³-hybridized carbons (Fsp3) is 0.250. The quantitative estimate of drug-likeness (QED) is 0.508. The fourth-order valence-electron chi connectivity index (χ4n) is 2.82. The van der Waals surface area contributed by atoms with Crippen LogP contribution in [0.3, 0.4) is 0 Å². The molecule has 1 unspecified atom stereocenters. The number of thioether (sulfide) groups is 1. The smallest absolute Gasteiger partial charge is 0.139 e. The molecule has 6 heteroatoms. The van der Waals surface area contributed by atoms with Gasteiger partial charge in [-0.25, -0.2) is 18.2 Å². The molecular formula is C20H19F3N2S. The third kappa shape index (κ3) is 4.69. The monoisotopic (exact) mass is 376 g/mol. The number of hydrogen-bond acceptors (Lipinski definition) is 2. The maximum Gasteiger partial charge on any atom is 0.139 e. The summed E-state index contributed by atoms with van der Waals surface area (Å²) in [6, 6.07) is 10.2. The highest BCUT2D eigenvalue weighted by Gasteiger charge is 2.29. The Morgan fingerprint density at radius 2 is 1.73 bits per heavy atom. The Bertz CT molecular complexity index is 830. The predicted octanol–water partition coefficient (Wildman–Crippen LogP) is 5.48. The van der Waals surface area contributed by atoms with Gasteiger partial charge in [0.05, 0.1) is 11.2 Å². The Morgan fingerprint density at radius 1 is 1.04 bits per heavy atom. The first kappa shape index (κ1) is 18.6. The van der Waals surface area contributed by atoms with Gasteiger partial charge in [0.1, 0.15) is 17.5 Å². The van der Waals surface area contributed by atoms with Crippen molar-refractivity contribution in [3.63, 3.8) is 0 Å². The minimum Gasteiger partial charge on any atom is -0.336 e. The minimum atomic E-state index is -0.561. The highest BCUT2D eigenvalue weighted by Crippen LogP contribution is 2.40. The van der Waals surface area contributed by atoms with Crippen molar-refractivity contribution in [2.45, 2.75) is 36.0 Å². The second-order valence-electron chi connectivity index (χ2n) is 6.46. The SMILES string of the molecule is CC(CCc1ccc(F)cc1)(Cn1ccnc1)Sc1c(F)cccc1F. The van der Waals surface area contributed by atoms with Gasteiger partial charge in [-0.3, -0.25) is 0 Å². The van der Waals surface area contributed by atoms with Crippen molar-refractivity contribution in [1.82, 2.24) is 9.55 Å². The van der Waals surface area contributed by atoms with Crippen LogP contribution in [0.5, 0.6) is 0 Å². The summed E-state index contributed by atoms with van der Waals surface area (Å²) in [5, 5.41) is 0. The molecule has 1 atom stereocenters.